The molecule has 0 aromatic heterocycles. The Morgan fingerprint density at radius 3 is 3.08 bits per heavy atom. The fourth-order valence-electron chi connectivity index (χ4n) is 1.26. The Balaban J connectivity index is 2.69. The number of ether oxygens (including phenoxy) is 1. The van der Waals surface area contributed by atoms with Crippen LogP contribution in [0.5, 0.6) is 5.75 Å². The fraction of sp³-hybridized carbons (Fsp3) is 0.250. The third kappa shape index (κ3) is 1.36. The van der Waals surface area contributed by atoms with Crippen LogP contribution in [0.4, 0.5) is 0 Å². The first-order chi connectivity index (χ1) is 5.70. The first kappa shape index (κ1) is 9.09. The van der Waals surface area contributed by atoms with Gasteiger partial charge in [-0.1, -0.05) is 11.6 Å². The summed E-state index contributed by atoms with van der Waals surface area (Å²) in [6.45, 7) is 0.751. The second kappa shape index (κ2) is 3.35. The molecule has 1 nitrogen and oxygen atoms in total. The van der Waals surface area contributed by atoms with Crippen molar-refractivity contribution in [1.82, 2.24) is 0 Å². The molecule has 0 spiro atoms. The number of fused-ring (bicyclic) bond motifs is 1. The van der Waals surface area contributed by atoms with Gasteiger partial charge in [-0.2, -0.15) is 0 Å². The molecule has 0 fully saturated rings. The van der Waals surface area contributed by atoms with E-state index in [2.05, 4.69) is 38.5 Å². The highest BCUT2D eigenvalue weighted by atomic mass is 127. The standard InChI is InChI=1S/C8H5BrClIO/c9-5-3-6(11)8-4(7(5)10)1-2-12-8/h3H,1-2H2. The van der Waals surface area contributed by atoms with Crippen LogP contribution in [-0.4, -0.2) is 6.61 Å². The Kier molecular flexibility index (Phi) is 2.53. The largest absolute Gasteiger partial charge is 0.492 e. The van der Waals surface area contributed by atoms with Crippen LogP contribution >= 0.6 is 50.1 Å². The molecule has 1 heterocycles. The summed E-state index contributed by atoms with van der Waals surface area (Å²) >= 11 is 11.7. The van der Waals surface area contributed by atoms with Crippen molar-refractivity contribution >= 4 is 50.1 Å². The van der Waals surface area contributed by atoms with Crippen LogP contribution in [0.3, 0.4) is 0 Å². The van der Waals surface area contributed by atoms with E-state index in [1.807, 2.05) is 6.07 Å². The van der Waals surface area contributed by atoms with Gasteiger partial charge in [0.25, 0.3) is 0 Å². The smallest absolute Gasteiger partial charge is 0.137 e. The lowest BCUT2D eigenvalue weighted by Gasteiger charge is -2.05. The molecule has 1 aliphatic heterocycles. The fourth-order valence-corrected chi connectivity index (χ4v) is 3.19. The summed E-state index contributed by atoms with van der Waals surface area (Å²) in [5.74, 6) is 0.962. The highest BCUT2D eigenvalue weighted by molar-refractivity contribution is 14.1. The molecule has 0 saturated carbocycles. The highest BCUT2D eigenvalue weighted by Crippen LogP contribution is 2.40. The van der Waals surface area contributed by atoms with Crippen molar-refractivity contribution in [3.63, 3.8) is 0 Å². The predicted octanol–water partition coefficient (Wildman–Crippen LogP) is 3.64. The van der Waals surface area contributed by atoms with Crippen LogP contribution in [-0.2, 0) is 6.42 Å². The van der Waals surface area contributed by atoms with E-state index in [1.165, 1.54) is 0 Å². The molecule has 0 unspecified atom stereocenters. The molecule has 0 saturated heterocycles. The van der Waals surface area contributed by atoms with E-state index in [0.717, 1.165) is 37.4 Å². The average molecular weight is 359 g/mol. The Labute approximate surface area is 97.7 Å². The summed E-state index contributed by atoms with van der Waals surface area (Å²) in [5, 5.41) is 0.794. The SMILES string of the molecule is Clc1c(Br)cc(I)c2c1CCO2. The van der Waals surface area contributed by atoms with E-state index < -0.39 is 0 Å². The van der Waals surface area contributed by atoms with E-state index in [1.54, 1.807) is 0 Å². The predicted molar refractivity (Wildman–Crippen MR) is 61.1 cm³/mol. The van der Waals surface area contributed by atoms with Gasteiger partial charge in [-0.3, -0.25) is 0 Å². The molecule has 1 aromatic carbocycles. The minimum Gasteiger partial charge on any atom is -0.492 e. The topological polar surface area (TPSA) is 9.23 Å². The maximum Gasteiger partial charge on any atom is 0.137 e. The second-order valence-corrected chi connectivity index (χ2v) is 4.95. The quantitative estimate of drug-likeness (QED) is 0.508. The molecule has 0 radical (unpaired) electrons. The van der Waals surface area contributed by atoms with Crippen molar-refractivity contribution < 1.29 is 4.74 Å². The summed E-state index contributed by atoms with van der Waals surface area (Å²) in [6.07, 6.45) is 0.920. The Hall–Kier alpha value is 0.520. The summed E-state index contributed by atoms with van der Waals surface area (Å²) in [4.78, 5) is 0. The van der Waals surface area contributed by atoms with Gasteiger partial charge < -0.3 is 4.74 Å². The van der Waals surface area contributed by atoms with Crippen molar-refractivity contribution in [2.75, 3.05) is 6.61 Å². The zero-order chi connectivity index (χ0) is 8.72. The van der Waals surface area contributed by atoms with Gasteiger partial charge in [-0.05, 0) is 44.6 Å². The molecule has 64 valence electrons. The highest BCUT2D eigenvalue weighted by Gasteiger charge is 2.20. The van der Waals surface area contributed by atoms with E-state index in [-0.39, 0.29) is 0 Å². The molecule has 1 aromatic rings. The van der Waals surface area contributed by atoms with Crippen molar-refractivity contribution in [3.8, 4) is 5.75 Å². The van der Waals surface area contributed by atoms with Crippen molar-refractivity contribution in [1.29, 1.82) is 0 Å². The lowest BCUT2D eigenvalue weighted by Crippen LogP contribution is -1.87. The number of rotatable bonds is 0. The molecular weight excluding hydrogens is 354 g/mol. The molecule has 12 heavy (non-hydrogen) atoms. The summed E-state index contributed by atoms with van der Waals surface area (Å²) in [7, 11) is 0. The Morgan fingerprint density at radius 2 is 2.33 bits per heavy atom. The Bertz CT molecular complexity index is 340. The molecule has 0 amide bonds. The molecular formula is C8H5BrClIO. The second-order valence-electron chi connectivity index (χ2n) is 2.56. The van der Waals surface area contributed by atoms with Gasteiger partial charge in [0, 0.05) is 16.5 Å². The number of hydrogen-bond donors (Lipinski definition) is 0. The summed E-state index contributed by atoms with van der Waals surface area (Å²) in [6, 6.07) is 1.98. The van der Waals surface area contributed by atoms with Crippen molar-refractivity contribution in [2.24, 2.45) is 0 Å². The number of halogens is 3. The Morgan fingerprint density at radius 1 is 1.58 bits per heavy atom. The summed E-state index contributed by atoms with van der Waals surface area (Å²) < 4.78 is 7.53. The third-order valence-corrected chi connectivity index (χ3v) is 3.90. The summed E-state index contributed by atoms with van der Waals surface area (Å²) in [5.41, 5.74) is 1.13. The average Bonchev–Trinajstić information content (AvgIpc) is 2.48. The van der Waals surface area contributed by atoms with Crippen LogP contribution < -0.4 is 4.74 Å². The molecule has 1 aliphatic rings. The van der Waals surface area contributed by atoms with Gasteiger partial charge in [0.1, 0.15) is 5.75 Å². The lowest BCUT2D eigenvalue weighted by molar-refractivity contribution is 0.354. The third-order valence-electron chi connectivity index (χ3n) is 1.82. The van der Waals surface area contributed by atoms with Gasteiger partial charge in [0.2, 0.25) is 0 Å². The molecule has 0 aliphatic carbocycles. The van der Waals surface area contributed by atoms with Crippen molar-refractivity contribution in [2.45, 2.75) is 6.42 Å². The minimum absolute atomic E-state index is 0.751. The van der Waals surface area contributed by atoms with Gasteiger partial charge in [-0.15, -0.1) is 0 Å². The van der Waals surface area contributed by atoms with E-state index in [9.17, 15) is 0 Å². The molecule has 0 N–H and O–H groups in total. The lowest BCUT2D eigenvalue weighted by atomic mass is 10.2. The minimum atomic E-state index is 0.751. The van der Waals surface area contributed by atoms with Gasteiger partial charge in [0.05, 0.1) is 15.2 Å². The van der Waals surface area contributed by atoms with E-state index >= 15 is 0 Å². The molecule has 0 bridgehead atoms. The van der Waals surface area contributed by atoms with Gasteiger partial charge in [0.15, 0.2) is 0 Å². The van der Waals surface area contributed by atoms with Crippen LogP contribution in [0.1, 0.15) is 5.56 Å². The first-order valence-corrected chi connectivity index (χ1v) is 5.74. The van der Waals surface area contributed by atoms with Crippen LogP contribution in [0, 0.1) is 3.57 Å². The van der Waals surface area contributed by atoms with Crippen molar-refractivity contribution in [3.05, 3.63) is 24.7 Å². The molecule has 4 heteroatoms. The van der Waals surface area contributed by atoms with Crippen LogP contribution in [0.15, 0.2) is 10.5 Å². The number of benzene rings is 1. The van der Waals surface area contributed by atoms with Gasteiger partial charge in [-0.25, -0.2) is 0 Å². The maximum absolute atomic E-state index is 6.08. The molecule has 0 atom stereocenters. The maximum atomic E-state index is 6.08. The van der Waals surface area contributed by atoms with Crippen LogP contribution in [0.25, 0.3) is 0 Å². The first-order valence-electron chi connectivity index (χ1n) is 3.49. The molecule has 2 rings (SSSR count). The zero-order valence-corrected chi connectivity index (χ0v) is 10.5. The van der Waals surface area contributed by atoms with Gasteiger partial charge >= 0.3 is 0 Å². The van der Waals surface area contributed by atoms with E-state index in [4.69, 9.17) is 16.3 Å². The monoisotopic (exact) mass is 358 g/mol. The van der Waals surface area contributed by atoms with Crippen LogP contribution in [0.2, 0.25) is 5.02 Å². The van der Waals surface area contributed by atoms with E-state index in [0.29, 0.717) is 0 Å². The number of hydrogen-bond acceptors (Lipinski definition) is 1. The normalized spacial score (nSPS) is 14.2. The zero-order valence-electron chi connectivity index (χ0n) is 6.03.